The van der Waals surface area contributed by atoms with Gasteiger partial charge >= 0.3 is 28.2 Å². The molecule has 0 spiro atoms. The summed E-state index contributed by atoms with van der Waals surface area (Å²) in [6, 6.07) is -1.58. The number of nitrogens with one attached hydrogen (secondary N) is 2. The van der Waals surface area contributed by atoms with Crippen molar-refractivity contribution in [3.63, 3.8) is 0 Å². The van der Waals surface area contributed by atoms with Crippen LogP contribution in [0.2, 0.25) is 0 Å². The van der Waals surface area contributed by atoms with E-state index in [0.717, 1.165) is 7.11 Å². The van der Waals surface area contributed by atoms with Gasteiger partial charge < -0.3 is 14.6 Å². The van der Waals surface area contributed by atoms with Crippen molar-refractivity contribution in [1.29, 1.82) is 0 Å². The Bertz CT molecular complexity index is 461. The molecule has 11 heteroatoms. The van der Waals surface area contributed by atoms with Crippen LogP contribution in [-0.4, -0.2) is 51.3 Å². The zero-order chi connectivity index (χ0) is 15.8. The molecule has 0 bridgehead atoms. The lowest BCUT2D eigenvalue weighted by atomic mass is 10.2. The Kier molecular flexibility index (Phi) is 7.54. The highest BCUT2D eigenvalue weighted by Gasteiger charge is 2.26. The summed E-state index contributed by atoms with van der Waals surface area (Å²) in [6.07, 6.45) is -1.86. The number of carbonyl (C=O) groups excluding carboxylic acids is 2. The minimum atomic E-state index is -4.41. The van der Waals surface area contributed by atoms with Gasteiger partial charge in [-0.2, -0.15) is 13.1 Å². The molecule has 0 aliphatic carbocycles. The molecule has 0 heterocycles. The van der Waals surface area contributed by atoms with E-state index in [0.29, 0.717) is 0 Å². The Morgan fingerprint density at radius 2 is 1.90 bits per heavy atom. The Labute approximate surface area is 115 Å². The molecular formula is C9H16N2O8S. The Morgan fingerprint density at radius 3 is 2.35 bits per heavy atom. The highest BCUT2D eigenvalue weighted by molar-refractivity contribution is 7.88. The van der Waals surface area contributed by atoms with Gasteiger partial charge in [0.1, 0.15) is 6.04 Å². The van der Waals surface area contributed by atoms with Crippen molar-refractivity contribution in [2.75, 3.05) is 13.7 Å². The zero-order valence-corrected chi connectivity index (χ0v) is 11.7. The van der Waals surface area contributed by atoms with Crippen LogP contribution in [0.4, 0.5) is 4.79 Å². The first-order chi connectivity index (χ1) is 9.21. The van der Waals surface area contributed by atoms with E-state index < -0.39 is 34.3 Å². The van der Waals surface area contributed by atoms with Crippen molar-refractivity contribution in [3.05, 3.63) is 0 Å². The number of aliphatic carboxylic acids is 1. The van der Waals surface area contributed by atoms with Crippen molar-refractivity contribution in [1.82, 2.24) is 9.44 Å². The van der Waals surface area contributed by atoms with Crippen molar-refractivity contribution in [3.8, 4) is 0 Å². The molecule has 20 heavy (non-hydrogen) atoms. The lowest BCUT2D eigenvalue weighted by molar-refractivity contribution is -0.142. The van der Waals surface area contributed by atoms with Crippen LogP contribution in [0.3, 0.4) is 0 Å². The molecule has 0 unspecified atom stereocenters. The molecule has 0 saturated heterocycles. The number of carboxylic acids is 1. The van der Waals surface area contributed by atoms with E-state index in [1.807, 2.05) is 0 Å². The van der Waals surface area contributed by atoms with Crippen LogP contribution in [0.15, 0.2) is 0 Å². The summed E-state index contributed by atoms with van der Waals surface area (Å²) in [6.45, 7) is 1.42. The third-order valence-corrected chi connectivity index (χ3v) is 2.98. The van der Waals surface area contributed by atoms with Crippen LogP contribution < -0.4 is 9.44 Å². The summed E-state index contributed by atoms with van der Waals surface area (Å²) < 4.78 is 34.7. The fourth-order valence-corrected chi connectivity index (χ4v) is 2.01. The van der Waals surface area contributed by atoms with Crippen molar-refractivity contribution >= 4 is 28.2 Å². The molecule has 0 aromatic carbocycles. The lowest BCUT2D eigenvalue weighted by Gasteiger charge is -2.14. The molecule has 0 aromatic rings. The summed E-state index contributed by atoms with van der Waals surface area (Å²) in [5.74, 6) is -2.18. The SMILES string of the molecule is CCOC(=O)NS(=O)(=O)N[C@@H](CCC(=O)OC)C(=O)O. The van der Waals surface area contributed by atoms with Gasteiger partial charge in [-0.15, -0.1) is 0 Å². The molecule has 3 N–H and O–H groups in total. The second-order valence-electron chi connectivity index (χ2n) is 3.45. The molecular weight excluding hydrogens is 296 g/mol. The van der Waals surface area contributed by atoms with Crippen LogP contribution in [0.1, 0.15) is 19.8 Å². The number of hydrogen-bond donors (Lipinski definition) is 3. The van der Waals surface area contributed by atoms with Gasteiger partial charge in [-0.1, -0.05) is 0 Å². The predicted molar refractivity (Wildman–Crippen MR) is 64.9 cm³/mol. The summed E-state index contributed by atoms with van der Waals surface area (Å²) in [4.78, 5) is 32.7. The van der Waals surface area contributed by atoms with E-state index in [-0.39, 0.29) is 19.4 Å². The second kappa shape index (κ2) is 8.32. The van der Waals surface area contributed by atoms with Gasteiger partial charge in [0.25, 0.3) is 0 Å². The van der Waals surface area contributed by atoms with Crippen LogP contribution in [0, 0.1) is 0 Å². The molecule has 1 atom stereocenters. The maximum Gasteiger partial charge on any atom is 0.421 e. The summed E-state index contributed by atoms with van der Waals surface area (Å²) in [5.41, 5.74) is 0. The predicted octanol–water partition coefficient (Wildman–Crippen LogP) is -1.03. The molecule has 116 valence electrons. The minimum absolute atomic E-state index is 0.0496. The smallest absolute Gasteiger partial charge is 0.421 e. The number of amides is 1. The van der Waals surface area contributed by atoms with Gasteiger partial charge in [0.05, 0.1) is 13.7 Å². The highest BCUT2D eigenvalue weighted by Crippen LogP contribution is 2.01. The molecule has 1 amide bonds. The fraction of sp³-hybridized carbons (Fsp3) is 0.667. The average Bonchev–Trinajstić information content (AvgIpc) is 2.33. The standard InChI is InChI=1S/C9H16N2O8S/c1-3-19-9(15)11-20(16,17)10-6(8(13)14)4-5-7(12)18-2/h6,10H,3-5H2,1-2H3,(H,11,15)(H,13,14)/t6-/m0/s1. The zero-order valence-electron chi connectivity index (χ0n) is 10.9. The van der Waals surface area contributed by atoms with Gasteiger partial charge in [0.2, 0.25) is 0 Å². The molecule has 10 nitrogen and oxygen atoms in total. The van der Waals surface area contributed by atoms with Gasteiger partial charge in [-0.25, -0.2) is 9.52 Å². The Morgan fingerprint density at radius 1 is 1.30 bits per heavy atom. The van der Waals surface area contributed by atoms with E-state index in [2.05, 4.69) is 9.47 Å². The molecule has 0 fully saturated rings. The first-order valence-corrected chi connectivity index (χ1v) is 6.96. The summed E-state index contributed by atoms with van der Waals surface area (Å²) in [5, 5.41) is 8.84. The van der Waals surface area contributed by atoms with Gasteiger partial charge in [0, 0.05) is 6.42 Å². The van der Waals surface area contributed by atoms with E-state index >= 15 is 0 Å². The number of carboxylic acid groups (broad SMARTS) is 1. The van der Waals surface area contributed by atoms with E-state index in [1.54, 1.807) is 4.72 Å². The Hall–Kier alpha value is -1.88. The van der Waals surface area contributed by atoms with Crippen LogP contribution >= 0.6 is 0 Å². The van der Waals surface area contributed by atoms with E-state index in [9.17, 15) is 22.8 Å². The Balaban J connectivity index is 4.61. The molecule has 0 aliphatic rings. The van der Waals surface area contributed by atoms with Crippen molar-refractivity contribution in [2.45, 2.75) is 25.8 Å². The van der Waals surface area contributed by atoms with Crippen LogP contribution in [0.5, 0.6) is 0 Å². The number of methoxy groups -OCH3 is 1. The van der Waals surface area contributed by atoms with E-state index in [1.165, 1.54) is 11.6 Å². The monoisotopic (exact) mass is 312 g/mol. The second-order valence-corrected chi connectivity index (χ2v) is 4.90. The third kappa shape index (κ3) is 7.53. The fourth-order valence-electron chi connectivity index (χ4n) is 1.08. The number of hydrogen-bond acceptors (Lipinski definition) is 7. The normalized spacial score (nSPS) is 12.3. The van der Waals surface area contributed by atoms with Gasteiger partial charge in [-0.05, 0) is 13.3 Å². The topological polar surface area (TPSA) is 148 Å². The van der Waals surface area contributed by atoms with Gasteiger partial charge in [-0.3, -0.25) is 9.59 Å². The maximum atomic E-state index is 11.4. The number of ether oxygens (including phenoxy) is 2. The average molecular weight is 312 g/mol. The van der Waals surface area contributed by atoms with Crippen LogP contribution in [0.25, 0.3) is 0 Å². The highest BCUT2D eigenvalue weighted by atomic mass is 32.2. The largest absolute Gasteiger partial charge is 0.480 e. The van der Waals surface area contributed by atoms with Crippen LogP contribution in [-0.2, 0) is 29.3 Å². The van der Waals surface area contributed by atoms with E-state index in [4.69, 9.17) is 5.11 Å². The lowest BCUT2D eigenvalue weighted by Crippen LogP contribution is -2.48. The minimum Gasteiger partial charge on any atom is -0.480 e. The third-order valence-electron chi connectivity index (χ3n) is 1.95. The van der Waals surface area contributed by atoms with Crippen molar-refractivity contribution in [2.24, 2.45) is 0 Å². The molecule has 0 aromatic heterocycles. The first kappa shape index (κ1) is 18.1. The van der Waals surface area contributed by atoms with Crippen molar-refractivity contribution < 1.29 is 37.4 Å². The first-order valence-electron chi connectivity index (χ1n) is 5.48. The number of rotatable bonds is 8. The summed E-state index contributed by atoms with van der Waals surface area (Å²) >= 11 is 0. The van der Waals surface area contributed by atoms with Gasteiger partial charge in [0.15, 0.2) is 0 Å². The molecule has 0 saturated carbocycles. The molecule has 0 aliphatic heterocycles. The molecule has 0 rings (SSSR count). The quantitative estimate of drug-likeness (QED) is 0.482. The maximum absolute atomic E-state index is 11.4. The molecule has 0 radical (unpaired) electrons. The number of carbonyl (C=O) groups is 3. The number of esters is 1. The summed E-state index contributed by atoms with van der Waals surface area (Å²) in [7, 11) is -3.29.